The van der Waals surface area contributed by atoms with Gasteiger partial charge in [-0.25, -0.2) is 0 Å². The minimum absolute atomic E-state index is 0.0868. The lowest BCUT2D eigenvalue weighted by molar-refractivity contribution is -0.140. The average Bonchev–Trinajstić information content (AvgIpc) is 2.14. The van der Waals surface area contributed by atoms with E-state index in [2.05, 4.69) is 0 Å². The molecule has 0 saturated carbocycles. The molecule has 0 atom stereocenters. The number of hydrogen-bond donors (Lipinski definition) is 0. The molecule has 0 unspecified atom stereocenters. The van der Waals surface area contributed by atoms with Crippen LogP contribution in [-0.4, -0.2) is 26.1 Å². The maximum absolute atomic E-state index is 11.9. The molecule has 0 bridgehead atoms. The lowest BCUT2D eigenvalue weighted by Gasteiger charge is -2.40. The van der Waals surface area contributed by atoms with E-state index in [1.165, 1.54) is 0 Å². The Balaban J connectivity index is 2.61. The van der Waals surface area contributed by atoms with Crippen LogP contribution in [-0.2, 0) is 14.9 Å². The Labute approximate surface area is 106 Å². The van der Waals surface area contributed by atoms with Crippen LogP contribution in [0.1, 0.15) is 18.1 Å². The molecule has 1 aromatic rings. The van der Waals surface area contributed by atoms with Gasteiger partial charge in [0.2, 0.25) is 0 Å². The van der Waals surface area contributed by atoms with Crippen LogP contribution in [0.4, 0.5) is 0 Å². The minimum Gasteiger partial charge on any atom is -0.496 e. The number of Topliss-reactive ketones (excluding diaryl/α,β-unsaturated/α-hetero) is 1. The Morgan fingerprint density at radius 3 is 2.53 bits per heavy atom. The first-order chi connectivity index (χ1) is 8.01. The first kappa shape index (κ1) is 12.4. The zero-order valence-electron chi connectivity index (χ0n) is 10.2. The normalized spacial score (nSPS) is 17.4. The zero-order valence-corrected chi connectivity index (χ0v) is 10.9. The molecule has 1 aliphatic rings. The van der Waals surface area contributed by atoms with E-state index < -0.39 is 5.41 Å². The summed E-state index contributed by atoms with van der Waals surface area (Å²) in [5, 5.41) is 0.617. The summed E-state index contributed by atoms with van der Waals surface area (Å²) >= 11 is 6.06. The van der Waals surface area contributed by atoms with Crippen LogP contribution in [0.15, 0.2) is 12.1 Å². The van der Waals surface area contributed by atoms with E-state index in [0.717, 1.165) is 16.9 Å². The Kier molecular flexibility index (Phi) is 3.15. The molecule has 0 amide bonds. The topological polar surface area (TPSA) is 35.5 Å². The molecule has 2 rings (SSSR count). The second-order valence-corrected chi connectivity index (χ2v) is 4.87. The fourth-order valence-corrected chi connectivity index (χ4v) is 2.48. The molecule has 1 aromatic carbocycles. The Morgan fingerprint density at radius 2 is 2.12 bits per heavy atom. The van der Waals surface area contributed by atoms with Crippen molar-refractivity contribution in [1.82, 2.24) is 0 Å². The SMILES string of the molecule is COc1c(C)cc(Cl)cc1C1(C(C)=O)COC1. The third-order valence-corrected chi connectivity index (χ3v) is 3.55. The predicted molar refractivity (Wildman–Crippen MR) is 65.9 cm³/mol. The fourth-order valence-electron chi connectivity index (χ4n) is 2.21. The molecule has 1 aliphatic heterocycles. The van der Waals surface area contributed by atoms with Gasteiger partial charge in [-0.3, -0.25) is 4.79 Å². The third-order valence-electron chi connectivity index (χ3n) is 3.33. The van der Waals surface area contributed by atoms with Crippen molar-refractivity contribution in [2.24, 2.45) is 0 Å². The van der Waals surface area contributed by atoms with Crippen molar-refractivity contribution in [3.8, 4) is 5.75 Å². The van der Waals surface area contributed by atoms with Crippen molar-refractivity contribution in [2.45, 2.75) is 19.3 Å². The summed E-state index contributed by atoms with van der Waals surface area (Å²) in [5.74, 6) is 0.816. The minimum atomic E-state index is -0.582. The van der Waals surface area contributed by atoms with Gasteiger partial charge in [0.15, 0.2) is 0 Å². The summed E-state index contributed by atoms with van der Waals surface area (Å²) < 4.78 is 10.6. The smallest absolute Gasteiger partial charge is 0.145 e. The highest BCUT2D eigenvalue weighted by molar-refractivity contribution is 6.30. The van der Waals surface area contributed by atoms with Gasteiger partial charge in [-0.1, -0.05) is 11.6 Å². The van der Waals surface area contributed by atoms with Crippen molar-refractivity contribution in [2.75, 3.05) is 20.3 Å². The summed E-state index contributed by atoms with van der Waals surface area (Å²) in [6.45, 7) is 4.30. The Bertz CT molecular complexity index is 464. The van der Waals surface area contributed by atoms with E-state index in [1.54, 1.807) is 20.1 Å². The van der Waals surface area contributed by atoms with Crippen LogP contribution in [0, 0.1) is 6.92 Å². The van der Waals surface area contributed by atoms with Crippen molar-refractivity contribution in [1.29, 1.82) is 0 Å². The maximum Gasteiger partial charge on any atom is 0.145 e. The van der Waals surface area contributed by atoms with Crippen molar-refractivity contribution >= 4 is 17.4 Å². The molecule has 1 heterocycles. The van der Waals surface area contributed by atoms with Crippen LogP contribution in [0.2, 0.25) is 5.02 Å². The highest BCUT2D eigenvalue weighted by Crippen LogP contribution is 2.41. The van der Waals surface area contributed by atoms with Gasteiger partial charge in [-0.05, 0) is 31.5 Å². The monoisotopic (exact) mass is 254 g/mol. The van der Waals surface area contributed by atoms with E-state index >= 15 is 0 Å². The van der Waals surface area contributed by atoms with E-state index in [0.29, 0.717) is 18.2 Å². The molecule has 4 heteroatoms. The summed E-state index contributed by atoms with van der Waals surface area (Å²) in [6.07, 6.45) is 0. The predicted octanol–water partition coefficient (Wildman–Crippen LogP) is 2.51. The number of benzene rings is 1. The van der Waals surface area contributed by atoms with Crippen molar-refractivity contribution in [3.63, 3.8) is 0 Å². The second-order valence-electron chi connectivity index (χ2n) is 4.43. The van der Waals surface area contributed by atoms with Gasteiger partial charge >= 0.3 is 0 Å². The van der Waals surface area contributed by atoms with E-state index in [9.17, 15) is 4.79 Å². The van der Waals surface area contributed by atoms with Gasteiger partial charge in [-0.2, -0.15) is 0 Å². The van der Waals surface area contributed by atoms with Crippen LogP contribution in [0.3, 0.4) is 0 Å². The number of halogens is 1. The van der Waals surface area contributed by atoms with E-state index in [-0.39, 0.29) is 5.78 Å². The average molecular weight is 255 g/mol. The standard InChI is InChI=1S/C13H15ClO3/c1-8-4-10(14)5-11(12(8)16-3)13(9(2)15)6-17-7-13/h4-5H,6-7H2,1-3H3. The number of ketones is 1. The van der Waals surface area contributed by atoms with E-state index in [1.807, 2.05) is 13.0 Å². The first-order valence-electron chi connectivity index (χ1n) is 5.44. The maximum atomic E-state index is 11.9. The third kappa shape index (κ3) is 1.83. The van der Waals surface area contributed by atoms with Crippen LogP contribution in [0.5, 0.6) is 5.75 Å². The van der Waals surface area contributed by atoms with Crippen molar-refractivity contribution < 1.29 is 14.3 Å². The molecular formula is C13H15ClO3. The molecular weight excluding hydrogens is 240 g/mol. The number of ether oxygens (including phenoxy) is 2. The van der Waals surface area contributed by atoms with E-state index in [4.69, 9.17) is 21.1 Å². The van der Waals surface area contributed by atoms with Gasteiger partial charge < -0.3 is 9.47 Å². The molecule has 0 radical (unpaired) electrons. The molecule has 92 valence electrons. The van der Waals surface area contributed by atoms with Crippen LogP contribution in [0.25, 0.3) is 0 Å². The lowest BCUT2D eigenvalue weighted by Crippen LogP contribution is -2.52. The molecule has 0 spiro atoms. The summed E-state index contributed by atoms with van der Waals surface area (Å²) in [4.78, 5) is 11.9. The number of hydrogen-bond acceptors (Lipinski definition) is 3. The zero-order chi connectivity index (χ0) is 12.6. The number of carbonyl (C=O) groups is 1. The first-order valence-corrected chi connectivity index (χ1v) is 5.82. The quantitative estimate of drug-likeness (QED) is 0.832. The Morgan fingerprint density at radius 1 is 1.47 bits per heavy atom. The summed E-state index contributed by atoms with van der Waals surface area (Å²) in [7, 11) is 1.60. The lowest BCUT2D eigenvalue weighted by atomic mass is 9.74. The van der Waals surface area contributed by atoms with Crippen LogP contribution < -0.4 is 4.74 Å². The fraction of sp³-hybridized carbons (Fsp3) is 0.462. The van der Waals surface area contributed by atoms with Gasteiger partial charge in [0.05, 0.1) is 20.3 Å². The summed E-state index contributed by atoms with van der Waals surface area (Å²) in [6, 6.07) is 3.63. The Hall–Kier alpha value is -1.06. The molecule has 0 N–H and O–H groups in total. The molecule has 0 aliphatic carbocycles. The molecule has 0 aromatic heterocycles. The van der Waals surface area contributed by atoms with Gasteiger partial charge in [0.1, 0.15) is 16.9 Å². The number of rotatable bonds is 3. The molecule has 3 nitrogen and oxygen atoms in total. The number of methoxy groups -OCH3 is 1. The molecule has 1 fully saturated rings. The van der Waals surface area contributed by atoms with Gasteiger partial charge in [0.25, 0.3) is 0 Å². The largest absolute Gasteiger partial charge is 0.496 e. The second kappa shape index (κ2) is 4.31. The number of carbonyl (C=O) groups excluding carboxylic acids is 1. The molecule has 1 saturated heterocycles. The van der Waals surface area contributed by atoms with Gasteiger partial charge in [0, 0.05) is 10.6 Å². The van der Waals surface area contributed by atoms with Crippen LogP contribution >= 0.6 is 11.6 Å². The van der Waals surface area contributed by atoms with Crippen molar-refractivity contribution in [3.05, 3.63) is 28.3 Å². The molecule has 17 heavy (non-hydrogen) atoms. The number of aryl methyl sites for hydroxylation is 1. The summed E-state index contributed by atoms with van der Waals surface area (Å²) in [5.41, 5.74) is 1.19. The van der Waals surface area contributed by atoms with Gasteiger partial charge in [-0.15, -0.1) is 0 Å². The highest BCUT2D eigenvalue weighted by Gasteiger charge is 2.47. The highest BCUT2D eigenvalue weighted by atomic mass is 35.5.